The molecule has 1 aromatic heterocycles. The van der Waals surface area contributed by atoms with Crippen molar-refractivity contribution in [2.24, 2.45) is 0 Å². The lowest BCUT2D eigenvalue weighted by molar-refractivity contribution is 0.591. The second-order valence-corrected chi connectivity index (χ2v) is 2.55. The highest BCUT2D eigenvalue weighted by Crippen LogP contribution is 2.17. The number of aromatic nitrogens is 2. The van der Waals surface area contributed by atoms with Crippen LogP contribution in [0.2, 0.25) is 0 Å². The van der Waals surface area contributed by atoms with Crippen LogP contribution in [0.1, 0.15) is 0 Å². The number of benzene rings is 1. The summed E-state index contributed by atoms with van der Waals surface area (Å²) in [5, 5.41) is 0.163. The van der Waals surface area contributed by atoms with Crippen molar-refractivity contribution in [2.45, 2.75) is 0 Å². The average molecular weight is 181 g/mol. The van der Waals surface area contributed by atoms with Gasteiger partial charge in [0.05, 0.1) is 10.9 Å². The molecular formula is C8H5F2N3. The van der Waals surface area contributed by atoms with Crippen LogP contribution in [0.5, 0.6) is 0 Å². The van der Waals surface area contributed by atoms with Crippen LogP contribution in [0.25, 0.3) is 10.9 Å². The first kappa shape index (κ1) is 7.85. The molecule has 5 heteroatoms. The first-order valence-electron chi connectivity index (χ1n) is 3.54. The topological polar surface area (TPSA) is 51.8 Å². The number of halogens is 2. The molecule has 3 nitrogen and oxygen atoms in total. The lowest BCUT2D eigenvalue weighted by Gasteiger charge is -1.98. The van der Waals surface area contributed by atoms with Crippen molar-refractivity contribution in [3.05, 3.63) is 30.0 Å². The summed E-state index contributed by atoms with van der Waals surface area (Å²) in [7, 11) is 0. The molecule has 13 heavy (non-hydrogen) atoms. The predicted molar refractivity (Wildman–Crippen MR) is 43.9 cm³/mol. The van der Waals surface area contributed by atoms with Gasteiger partial charge in [-0.05, 0) is 0 Å². The molecule has 0 aliphatic heterocycles. The Morgan fingerprint density at radius 1 is 1.23 bits per heavy atom. The number of rotatable bonds is 0. The Bertz CT molecular complexity index is 465. The maximum Gasteiger partial charge on any atom is 0.220 e. The van der Waals surface area contributed by atoms with Gasteiger partial charge in [-0.2, -0.15) is 0 Å². The number of hydrogen-bond donors (Lipinski definition) is 1. The molecule has 0 saturated carbocycles. The average Bonchev–Trinajstić information content (AvgIpc) is 2.02. The number of nitrogens with two attached hydrogens (primary N) is 1. The Hall–Kier alpha value is -1.78. The fourth-order valence-corrected chi connectivity index (χ4v) is 1.07. The van der Waals surface area contributed by atoms with E-state index < -0.39 is 11.6 Å². The van der Waals surface area contributed by atoms with Crippen molar-refractivity contribution >= 4 is 16.9 Å². The second-order valence-electron chi connectivity index (χ2n) is 2.55. The molecule has 0 saturated heterocycles. The number of fused-ring (bicyclic) bond motifs is 1. The van der Waals surface area contributed by atoms with Crippen LogP contribution < -0.4 is 5.73 Å². The first-order chi connectivity index (χ1) is 6.16. The molecule has 0 atom stereocenters. The molecule has 2 aromatic rings. The standard InChI is InChI=1S/C8H5F2N3/c9-4-1-6(10)5-3-12-8(11)13-7(5)2-4/h1-3H,(H2,11,12,13). The van der Waals surface area contributed by atoms with Crippen LogP contribution in [0.15, 0.2) is 18.3 Å². The molecule has 0 amide bonds. The minimum Gasteiger partial charge on any atom is -0.368 e. The SMILES string of the molecule is Nc1ncc2c(F)cc(F)cc2n1. The van der Waals surface area contributed by atoms with E-state index in [2.05, 4.69) is 9.97 Å². The van der Waals surface area contributed by atoms with E-state index in [9.17, 15) is 8.78 Å². The molecule has 0 bridgehead atoms. The summed E-state index contributed by atoms with van der Waals surface area (Å²) in [6.45, 7) is 0. The Kier molecular flexibility index (Phi) is 1.58. The predicted octanol–water partition coefficient (Wildman–Crippen LogP) is 1.49. The van der Waals surface area contributed by atoms with Gasteiger partial charge < -0.3 is 5.73 Å². The highest BCUT2D eigenvalue weighted by atomic mass is 19.1. The van der Waals surface area contributed by atoms with Crippen molar-refractivity contribution in [2.75, 3.05) is 5.73 Å². The number of nitrogens with zero attached hydrogens (tertiary/aromatic N) is 2. The van der Waals surface area contributed by atoms with Crippen LogP contribution in [-0.4, -0.2) is 9.97 Å². The highest BCUT2D eigenvalue weighted by molar-refractivity contribution is 5.79. The van der Waals surface area contributed by atoms with E-state index in [1.807, 2.05) is 0 Å². The van der Waals surface area contributed by atoms with E-state index >= 15 is 0 Å². The third kappa shape index (κ3) is 1.28. The third-order valence-electron chi connectivity index (χ3n) is 1.63. The zero-order valence-corrected chi connectivity index (χ0v) is 6.46. The van der Waals surface area contributed by atoms with Crippen molar-refractivity contribution in [3.63, 3.8) is 0 Å². The monoisotopic (exact) mass is 181 g/mol. The van der Waals surface area contributed by atoms with Crippen LogP contribution in [0.3, 0.4) is 0 Å². The molecule has 0 fully saturated rings. The van der Waals surface area contributed by atoms with Gasteiger partial charge in [-0.1, -0.05) is 0 Å². The van der Waals surface area contributed by atoms with Gasteiger partial charge in [-0.25, -0.2) is 18.7 Å². The Morgan fingerprint density at radius 2 is 2.00 bits per heavy atom. The smallest absolute Gasteiger partial charge is 0.220 e. The maximum atomic E-state index is 13.0. The van der Waals surface area contributed by atoms with Crippen molar-refractivity contribution in [1.82, 2.24) is 9.97 Å². The molecule has 0 radical (unpaired) electrons. The van der Waals surface area contributed by atoms with Crippen molar-refractivity contribution in [1.29, 1.82) is 0 Å². The summed E-state index contributed by atoms with van der Waals surface area (Å²) in [6, 6.07) is 1.89. The van der Waals surface area contributed by atoms with E-state index in [1.54, 1.807) is 0 Å². The zero-order chi connectivity index (χ0) is 9.42. The van der Waals surface area contributed by atoms with Crippen LogP contribution in [-0.2, 0) is 0 Å². The minimum atomic E-state index is -0.685. The summed E-state index contributed by atoms with van der Waals surface area (Å²) in [4.78, 5) is 7.29. The Balaban J connectivity index is 2.86. The number of nitrogen functional groups attached to an aromatic ring is 1. The van der Waals surface area contributed by atoms with Gasteiger partial charge in [0.1, 0.15) is 11.6 Å². The van der Waals surface area contributed by atoms with Gasteiger partial charge in [0, 0.05) is 18.3 Å². The molecule has 2 rings (SSSR count). The van der Waals surface area contributed by atoms with Crippen molar-refractivity contribution in [3.8, 4) is 0 Å². The summed E-state index contributed by atoms with van der Waals surface area (Å²) < 4.78 is 25.7. The number of hydrogen-bond acceptors (Lipinski definition) is 3. The molecule has 0 spiro atoms. The minimum absolute atomic E-state index is 0.00231. The molecule has 0 aliphatic carbocycles. The summed E-state index contributed by atoms with van der Waals surface area (Å²) >= 11 is 0. The van der Waals surface area contributed by atoms with Gasteiger partial charge in [-0.3, -0.25) is 0 Å². The van der Waals surface area contributed by atoms with Crippen LogP contribution >= 0.6 is 0 Å². The quantitative estimate of drug-likeness (QED) is 0.669. The highest BCUT2D eigenvalue weighted by Gasteiger charge is 2.05. The molecular weight excluding hydrogens is 176 g/mol. The largest absolute Gasteiger partial charge is 0.368 e. The van der Waals surface area contributed by atoms with Gasteiger partial charge >= 0.3 is 0 Å². The zero-order valence-electron chi connectivity index (χ0n) is 6.46. The second kappa shape index (κ2) is 2.62. The lowest BCUT2D eigenvalue weighted by Crippen LogP contribution is -1.95. The Morgan fingerprint density at radius 3 is 2.77 bits per heavy atom. The van der Waals surface area contributed by atoms with E-state index in [1.165, 1.54) is 6.20 Å². The molecule has 66 valence electrons. The maximum absolute atomic E-state index is 13.0. The van der Waals surface area contributed by atoms with Crippen molar-refractivity contribution < 1.29 is 8.78 Å². The fourth-order valence-electron chi connectivity index (χ4n) is 1.07. The molecule has 1 aromatic carbocycles. The summed E-state index contributed by atoms with van der Waals surface area (Å²) in [5.74, 6) is -1.37. The van der Waals surface area contributed by atoms with Crippen LogP contribution in [0, 0.1) is 11.6 Å². The lowest BCUT2D eigenvalue weighted by atomic mass is 10.2. The van der Waals surface area contributed by atoms with E-state index in [0.29, 0.717) is 0 Å². The van der Waals surface area contributed by atoms with E-state index in [4.69, 9.17) is 5.73 Å². The van der Waals surface area contributed by atoms with Gasteiger partial charge in [0.2, 0.25) is 5.95 Å². The summed E-state index contributed by atoms with van der Waals surface area (Å²) in [5.41, 5.74) is 5.43. The van der Waals surface area contributed by atoms with Crippen LogP contribution in [0.4, 0.5) is 14.7 Å². The fraction of sp³-hybridized carbons (Fsp3) is 0. The molecule has 2 N–H and O–H groups in total. The van der Waals surface area contributed by atoms with Gasteiger partial charge in [-0.15, -0.1) is 0 Å². The van der Waals surface area contributed by atoms with Gasteiger partial charge in [0.15, 0.2) is 0 Å². The Labute approximate surface area is 72.2 Å². The molecule has 0 unspecified atom stereocenters. The number of anilines is 1. The third-order valence-corrected chi connectivity index (χ3v) is 1.63. The van der Waals surface area contributed by atoms with E-state index in [-0.39, 0.29) is 16.9 Å². The molecule has 0 aliphatic rings. The van der Waals surface area contributed by atoms with E-state index in [0.717, 1.165) is 12.1 Å². The van der Waals surface area contributed by atoms with Gasteiger partial charge in [0.25, 0.3) is 0 Å². The summed E-state index contributed by atoms with van der Waals surface area (Å²) in [6.07, 6.45) is 1.23. The first-order valence-corrected chi connectivity index (χ1v) is 3.54. The normalized spacial score (nSPS) is 10.6. The molecule has 1 heterocycles.